The number of likely N-dealkylation sites (tertiary alicyclic amines) is 1. The van der Waals surface area contributed by atoms with E-state index < -0.39 is 0 Å². The Morgan fingerprint density at radius 2 is 2.36 bits per heavy atom. The molecule has 0 aliphatic carbocycles. The Bertz CT molecular complexity index is 142. The molecule has 0 aromatic heterocycles. The zero-order valence-electron chi connectivity index (χ0n) is 7.34. The second-order valence-corrected chi connectivity index (χ2v) is 3.35. The second kappa shape index (κ2) is 3.88. The van der Waals surface area contributed by atoms with E-state index in [-0.39, 0.29) is 0 Å². The molecule has 1 aliphatic heterocycles. The fourth-order valence-corrected chi connectivity index (χ4v) is 1.73. The van der Waals surface area contributed by atoms with Gasteiger partial charge in [0.05, 0.1) is 0 Å². The van der Waals surface area contributed by atoms with E-state index in [9.17, 15) is 0 Å². The number of likely N-dealkylation sites (N-methyl/N-ethyl adjacent to an activating group) is 1. The molecule has 2 nitrogen and oxygen atoms in total. The lowest BCUT2D eigenvalue weighted by atomic mass is 9.97. The Hall–Kier alpha value is -0.340. The van der Waals surface area contributed by atoms with Crippen LogP contribution >= 0.6 is 0 Å². The highest BCUT2D eigenvalue weighted by Gasteiger charge is 2.19. The monoisotopic (exact) mass is 154 g/mol. The Morgan fingerprint density at radius 1 is 1.64 bits per heavy atom. The molecule has 0 spiro atoms. The van der Waals surface area contributed by atoms with Crippen LogP contribution in [0.25, 0.3) is 0 Å². The van der Waals surface area contributed by atoms with Gasteiger partial charge >= 0.3 is 0 Å². The van der Waals surface area contributed by atoms with E-state index in [0.29, 0.717) is 12.6 Å². The number of piperidine rings is 1. The molecule has 0 radical (unpaired) electrons. The molecule has 1 aliphatic rings. The molecule has 0 bridgehead atoms. The first-order chi connectivity index (χ1) is 5.25. The summed E-state index contributed by atoms with van der Waals surface area (Å²) in [5, 5.41) is 0. The van der Waals surface area contributed by atoms with Gasteiger partial charge in [0.15, 0.2) is 0 Å². The summed E-state index contributed by atoms with van der Waals surface area (Å²) in [6.45, 7) is 5.81. The van der Waals surface area contributed by atoms with Crippen LogP contribution in [0.2, 0.25) is 0 Å². The van der Waals surface area contributed by atoms with Crippen molar-refractivity contribution in [3.63, 3.8) is 0 Å². The van der Waals surface area contributed by atoms with Crippen molar-refractivity contribution in [2.24, 2.45) is 5.73 Å². The zero-order chi connectivity index (χ0) is 8.27. The van der Waals surface area contributed by atoms with Crippen LogP contribution in [-0.2, 0) is 0 Å². The molecule has 1 unspecified atom stereocenters. The van der Waals surface area contributed by atoms with E-state index >= 15 is 0 Å². The first-order valence-electron chi connectivity index (χ1n) is 4.33. The summed E-state index contributed by atoms with van der Waals surface area (Å²) in [4.78, 5) is 2.36. The van der Waals surface area contributed by atoms with Gasteiger partial charge in [-0.05, 0) is 32.0 Å². The number of nitrogens with two attached hydrogens (primary N) is 1. The predicted octanol–water partition coefficient (Wildman–Crippen LogP) is 0.986. The Kier molecular flexibility index (Phi) is 3.09. The van der Waals surface area contributed by atoms with Gasteiger partial charge in [-0.15, -0.1) is 0 Å². The maximum Gasteiger partial charge on any atom is 0.0314 e. The van der Waals surface area contributed by atoms with Crippen molar-refractivity contribution in [2.75, 3.05) is 20.1 Å². The molecule has 1 rings (SSSR count). The van der Waals surface area contributed by atoms with E-state index in [4.69, 9.17) is 5.73 Å². The molecule has 64 valence electrons. The van der Waals surface area contributed by atoms with Crippen molar-refractivity contribution in [1.29, 1.82) is 0 Å². The van der Waals surface area contributed by atoms with Gasteiger partial charge in [0.2, 0.25) is 0 Å². The normalized spacial score (nSPS) is 26.9. The van der Waals surface area contributed by atoms with Crippen molar-refractivity contribution >= 4 is 0 Å². The fraction of sp³-hybridized carbons (Fsp3) is 0.778. The maximum absolute atomic E-state index is 5.54. The van der Waals surface area contributed by atoms with Crippen molar-refractivity contribution < 1.29 is 0 Å². The quantitative estimate of drug-likeness (QED) is 0.601. The van der Waals surface area contributed by atoms with Gasteiger partial charge in [-0.2, -0.15) is 0 Å². The van der Waals surface area contributed by atoms with Gasteiger partial charge in [-0.25, -0.2) is 0 Å². The van der Waals surface area contributed by atoms with Gasteiger partial charge in [0.25, 0.3) is 0 Å². The van der Waals surface area contributed by atoms with Gasteiger partial charge in [-0.1, -0.05) is 13.0 Å². The number of rotatable bonds is 2. The minimum Gasteiger partial charge on any atom is -0.327 e. The van der Waals surface area contributed by atoms with Gasteiger partial charge in [0.1, 0.15) is 0 Å². The third kappa shape index (κ3) is 2.04. The van der Waals surface area contributed by atoms with E-state index in [2.05, 4.69) is 18.5 Å². The average Bonchev–Trinajstić information content (AvgIpc) is 2.04. The van der Waals surface area contributed by atoms with Gasteiger partial charge in [0, 0.05) is 12.6 Å². The third-order valence-electron chi connectivity index (χ3n) is 2.50. The van der Waals surface area contributed by atoms with Crippen molar-refractivity contribution in [2.45, 2.75) is 25.3 Å². The second-order valence-electron chi connectivity index (χ2n) is 3.35. The molecule has 0 aromatic rings. The third-order valence-corrected chi connectivity index (χ3v) is 2.50. The largest absolute Gasteiger partial charge is 0.327 e. The minimum absolute atomic E-state index is 0.550. The molecule has 0 aromatic carbocycles. The highest BCUT2D eigenvalue weighted by atomic mass is 15.1. The molecule has 1 fully saturated rings. The summed E-state index contributed by atoms with van der Waals surface area (Å²) >= 11 is 0. The lowest BCUT2D eigenvalue weighted by Crippen LogP contribution is -2.38. The molecule has 11 heavy (non-hydrogen) atoms. The molecule has 2 N–H and O–H groups in total. The van der Waals surface area contributed by atoms with Crippen LogP contribution in [0.4, 0.5) is 0 Å². The van der Waals surface area contributed by atoms with E-state index in [1.54, 1.807) is 0 Å². The van der Waals surface area contributed by atoms with E-state index in [1.165, 1.54) is 31.4 Å². The summed E-state index contributed by atoms with van der Waals surface area (Å²) in [6.07, 6.45) is 3.89. The predicted molar refractivity (Wildman–Crippen MR) is 48.5 cm³/mol. The average molecular weight is 154 g/mol. The highest BCUT2D eigenvalue weighted by molar-refractivity contribution is 5.07. The van der Waals surface area contributed by atoms with Crippen molar-refractivity contribution in [3.05, 3.63) is 12.2 Å². The Morgan fingerprint density at radius 3 is 2.91 bits per heavy atom. The number of hydrogen-bond donors (Lipinski definition) is 1. The smallest absolute Gasteiger partial charge is 0.0314 e. The maximum atomic E-state index is 5.54. The molecule has 2 heteroatoms. The van der Waals surface area contributed by atoms with Crippen LogP contribution in [-0.4, -0.2) is 31.1 Å². The molecule has 0 amide bonds. The summed E-state index contributed by atoms with van der Waals surface area (Å²) in [5.74, 6) is 0. The van der Waals surface area contributed by atoms with Crippen LogP contribution in [0.1, 0.15) is 19.3 Å². The van der Waals surface area contributed by atoms with Gasteiger partial charge in [-0.3, -0.25) is 4.90 Å². The summed E-state index contributed by atoms with van der Waals surface area (Å²) in [6, 6.07) is 0.550. The lowest BCUT2D eigenvalue weighted by molar-refractivity contribution is 0.212. The molecule has 1 atom stereocenters. The van der Waals surface area contributed by atoms with Crippen LogP contribution in [0.15, 0.2) is 12.2 Å². The van der Waals surface area contributed by atoms with Gasteiger partial charge < -0.3 is 5.73 Å². The van der Waals surface area contributed by atoms with Crippen molar-refractivity contribution in [3.8, 4) is 0 Å². The minimum atomic E-state index is 0.550. The standard InChI is InChI=1S/C9H18N2/c1-8(7-10)9-5-3-4-6-11(9)2/h9H,1,3-7,10H2,2H3. The van der Waals surface area contributed by atoms with Crippen LogP contribution in [0.5, 0.6) is 0 Å². The van der Waals surface area contributed by atoms with Crippen LogP contribution in [0, 0.1) is 0 Å². The topological polar surface area (TPSA) is 29.3 Å². The number of hydrogen-bond acceptors (Lipinski definition) is 2. The lowest BCUT2D eigenvalue weighted by Gasteiger charge is -2.33. The summed E-state index contributed by atoms with van der Waals surface area (Å²) in [5.41, 5.74) is 6.73. The summed E-state index contributed by atoms with van der Waals surface area (Å²) < 4.78 is 0. The molecular weight excluding hydrogens is 136 g/mol. The Balaban J connectivity index is 2.47. The fourth-order valence-electron chi connectivity index (χ4n) is 1.73. The van der Waals surface area contributed by atoms with Crippen molar-refractivity contribution in [1.82, 2.24) is 4.90 Å². The van der Waals surface area contributed by atoms with E-state index in [1.807, 2.05) is 0 Å². The number of nitrogens with zero attached hydrogens (tertiary/aromatic N) is 1. The Labute approximate surface area is 69.1 Å². The van der Waals surface area contributed by atoms with E-state index in [0.717, 1.165) is 0 Å². The molecule has 1 heterocycles. The molecular formula is C9H18N2. The first kappa shape index (κ1) is 8.75. The molecule has 1 saturated heterocycles. The SMILES string of the molecule is C=C(CN)C1CCCCN1C. The summed E-state index contributed by atoms with van der Waals surface area (Å²) in [7, 11) is 2.16. The molecule has 0 saturated carbocycles. The first-order valence-corrected chi connectivity index (χ1v) is 4.33. The van der Waals surface area contributed by atoms with Crippen LogP contribution < -0.4 is 5.73 Å². The highest BCUT2D eigenvalue weighted by Crippen LogP contribution is 2.19. The van der Waals surface area contributed by atoms with Crippen LogP contribution in [0.3, 0.4) is 0 Å². The zero-order valence-corrected chi connectivity index (χ0v) is 7.34.